The highest BCUT2D eigenvalue weighted by Gasteiger charge is 2.37. The van der Waals surface area contributed by atoms with Crippen molar-refractivity contribution in [2.24, 2.45) is 0 Å². The molecule has 3 rings (SSSR count). The summed E-state index contributed by atoms with van der Waals surface area (Å²) in [6, 6.07) is 12.8. The summed E-state index contributed by atoms with van der Waals surface area (Å²) in [6.07, 6.45) is -10.1. The third kappa shape index (κ3) is 7.17. The fraction of sp³-hybridized carbons (Fsp3) is 0.231. The number of carbonyl (C=O) groups is 2. The largest absolute Gasteiger partial charge is 0.416 e. The van der Waals surface area contributed by atoms with Crippen LogP contribution in [0.15, 0.2) is 66.7 Å². The first-order valence-corrected chi connectivity index (χ1v) is 11.2. The zero-order valence-electron chi connectivity index (χ0n) is 20.5. The molecule has 0 aromatic heterocycles. The van der Waals surface area contributed by atoms with Gasteiger partial charge in [-0.2, -0.15) is 26.3 Å². The average molecular weight is 538 g/mol. The quantitative estimate of drug-likeness (QED) is 0.298. The summed E-state index contributed by atoms with van der Waals surface area (Å²) in [4.78, 5) is 27.2. The summed E-state index contributed by atoms with van der Waals surface area (Å²) < 4.78 is 78.6. The van der Waals surface area contributed by atoms with Crippen LogP contribution in [0.5, 0.6) is 0 Å². The molecule has 0 aliphatic rings. The SMILES string of the molecule is CC(NC(=O)c1cc(NC(=O)Nc2cc(C(F)(F)F)cc(C(F)(F)F)c2)ccc1N(C)C)c1ccccc1. The number of nitrogens with zero attached hydrogens (tertiary/aromatic N) is 1. The van der Waals surface area contributed by atoms with E-state index in [-0.39, 0.29) is 23.4 Å². The number of halogens is 6. The summed E-state index contributed by atoms with van der Waals surface area (Å²) in [5, 5.41) is 7.20. The lowest BCUT2D eigenvalue weighted by Gasteiger charge is -2.21. The molecular weight excluding hydrogens is 514 g/mol. The molecule has 38 heavy (non-hydrogen) atoms. The molecule has 3 N–H and O–H groups in total. The molecule has 0 radical (unpaired) electrons. The predicted octanol–water partition coefficient (Wildman–Crippen LogP) is 6.93. The first-order chi connectivity index (χ1) is 17.6. The second-order valence-electron chi connectivity index (χ2n) is 8.61. The van der Waals surface area contributed by atoms with E-state index in [1.165, 1.54) is 12.1 Å². The maximum Gasteiger partial charge on any atom is 0.416 e. The Kier molecular flexibility index (Phi) is 8.23. The van der Waals surface area contributed by atoms with Gasteiger partial charge in [0.1, 0.15) is 0 Å². The van der Waals surface area contributed by atoms with Crippen molar-refractivity contribution in [1.82, 2.24) is 5.32 Å². The molecule has 0 fully saturated rings. The summed E-state index contributed by atoms with van der Waals surface area (Å²) in [6.45, 7) is 1.79. The van der Waals surface area contributed by atoms with E-state index < -0.39 is 41.1 Å². The molecule has 0 bridgehead atoms. The van der Waals surface area contributed by atoms with Crippen molar-refractivity contribution < 1.29 is 35.9 Å². The molecule has 0 saturated carbocycles. The van der Waals surface area contributed by atoms with Gasteiger partial charge in [0, 0.05) is 31.2 Å². The highest BCUT2D eigenvalue weighted by Crippen LogP contribution is 2.37. The lowest BCUT2D eigenvalue weighted by Crippen LogP contribution is -2.28. The monoisotopic (exact) mass is 538 g/mol. The van der Waals surface area contributed by atoms with E-state index >= 15 is 0 Å². The zero-order valence-corrected chi connectivity index (χ0v) is 20.5. The van der Waals surface area contributed by atoms with Gasteiger partial charge in [0.25, 0.3) is 5.91 Å². The molecule has 1 unspecified atom stereocenters. The van der Waals surface area contributed by atoms with Gasteiger partial charge in [0.2, 0.25) is 0 Å². The minimum absolute atomic E-state index is 0.0373. The predicted molar refractivity (Wildman–Crippen MR) is 132 cm³/mol. The summed E-state index contributed by atoms with van der Waals surface area (Å²) >= 11 is 0. The lowest BCUT2D eigenvalue weighted by molar-refractivity contribution is -0.143. The Morgan fingerprint density at radius 2 is 1.32 bits per heavy atom. The van der Waals surface area contributed by atoms with Gasteiger partial charge in [0.15, 0.2) is 0 Å². The van der Waals surface area contributed by atoms with Crippen LogP contribution in [0.3, 0.4) is 0 Å². The van der Waals surface area contributed by atoms with Crippen molar-refractivity contribution in [2.75, 3.05) is 29.6 Å². The number of hydrogen-bond donors (Lipinski definition) is 3. The summed E-state index contributed by atoms with van der Waals surface area (Å²) in [7, 11) is 3.41. The number of carbonyl (C=O) groups excluding carboxylic acids is 2. The third-order valence-electron chi connectivity index (χ3n) is 5.47. The molecule has 202 valence electrons. The second-order valence-corrected chi connectivity index (χ2v) is 8.61. The smallest absolute Gasteiger partial charge is 0.377 e. The number of urea groups is 1. The number of anilines is 3. The van der Waals surface area contributed by atoms with E-state index in [0.717, 1.165) is 5.56 Å². The Labute approximate surface area is 214 Å². The summed E-state index contributed by atoms with van der Waals surface area (Å²) in [5.41, 5.74) is -2.18. The maximum absolute atomic E-state index is 13.1. The Morgan fingerprint density at radius 1 is 0.763 bits per heavy atom. The molecule has 3 aromatic rings. The number of alkyl halides is 6. The van der Waals surface area contributed by atoms with Crippen LogP contribution >= 0.6 is 0 Å². The average Bonchev–Trinajstić information content (AvgIpc) is 2.83. The van der Waals surface area contributed by atoms with Gasteiger partial charge in [-0.1, -0.05) is 30.3 Å². The Hall–Kier alpha value is -4.22. The molecule has 1 atom stereocenters. The van der Waals surface area contributed by atoms with E-state index in [1.54, 1.807) is 32.0 Å². The lowest BCUT2D eigenvalue weighted by atomic mass is 10.1. The van der Waals surface area contributed by atoms with Gasteiger partial charge in [0.05, 0.1) is 22.7 Å². The minimum atomic E-state index is -5.06. The molecule has 0 saturated heterocycles. The van der Waals surface area contributed by atoms with E-state index in [2.05, 4.69) is 10.6 Å². The number of nitrogens with one attached hydrogen (secondary N) is 3. The van der Waals surface area contributed by atoms with Gasteiger partial charge in [-0.15, -0.1) is 0 Å². The van der Waals surface area contributed by atoms with Crippen molar-refractivity contribution in [3.05, 3.63) is 89.0 Å². The number of rotatable bonds is 6. The fourth-order valence-corrected chi connectivity index (χ4v) is 3.61. The van der Waals surface area contributed by atoms with Gasteiger partial charge >= 0.3 is 18.4 Å². The van der Waals surface area contributed by atoms with Crippen LogP contribution in [0.25, 0.3) is 0 Å². The molecule has 3 aromatic carbocycles. The zero-order chi connectivity index (χ0) is 28.3. The van der Waals surface area contributed by atoms with E-state index in [9.17, 15) is 35.9 Å². The molecular formula is C26H24F6N4O2. The number of amides is 3. The van der Waals surface area contributed by atoms with Crippen molar-refractivity contribution >= 4 is 29.0 Å². The van der Waals surface area contributed by atoms with Crippen molar-refractivity contribution in [1.29, 1.82) is 0 Å². The molecule has 3 amide bonds. The van der Waals surface area contributed by atoms with Crippen LogP contribution in [-0.2, 0) is 12.4 Å². The molecule has 0 aliphatic heterocycles. The van der Waals surface area contributed by atoms with Crippen LogP contribution in [0, 0.1) is 0 Å². The second kappa shape index (κ2) is 11.0. The minimum Gasteiger partial charge on any atom is -0.377 e. The molecule has 12 heteroatoms. The maximum atomic E-state index is 13.1. The Morgan fingerprint density at radius 3 is 1.84 bits per heavy atom. The van der Waals surface area contributed by atoms with Crippen molar-refractivity contribution in [3.63, 3.8) is 0 Å². The number of benzene rings is 3. The van der Waals surface area contributed by atoms with E-state index in [4.69, 9.17) is 0 Å². The normalized spacial score (nSPS) is 12.4. The Balaban J connectivity index is 1.83. The topological polar surface area (TPSA) is 73.5 Å². The summed E-state index contributed by atoms with van der Waals surface area (Å²) in [5.74, 6) is -0.457. The highest BCUT2D eigenvalue weighted by atomic mass is 19.4. The van der Waals surface area contributed by atoms with E-state index in [1.807, 2.05) is 35.6 Å². The molecule has 0 spiro atoms. The van der Waals surface area contributed by atoms with Crippen LogP contribution in [0.1, 0.15) is 40.0 Å². The standard InChI is InChI=1S/C26H24F6N4O2/c1-15(16-7-5-4-6-8-16)33-23(37)21-14-19(9-10-22(21)36(2)3)34-24(38)35-20-12-17(25(27,28)29)11-18(13-20)26(30,31)32/h4-15H,1-3H3,(H,33,37)(H2,34,35,38). The molecule has 0 heterocycles. The van der Waals surface area contributed by atoms with Crippen LogP contribution < -0.4 is 20.9 Å². The van der Waals surface area contributed by atoms with E-state index in [0.29, 0.717) is 17.8 Å². The molecule has 6 nitrogen and oxygen atoms in total. The van der Waals surface area contributed by atoms with Gasteiger partial charge in [-0.25, -0.2) is 4.79 Å². The molecule has 0 aliphatic carbocycles. The van der Waals surface area contributed by atoms with Crippen LogP contribution in [-0.4, -0.2) is 26.0 Å². The van der Waals surface area contributed by atoms with Gasteiger partial charge in [-0.3, -0.25) is 4.79 Å². The first kappa shape index (κ1) is 28.4. The van der Waals surface area contributed by atoms with Gasteiger partial charge < -0.3 is 20.9 Å². The van der Waals surface area contributed by atoms with Gasteiger partial charge in [-0.05, 0) is 48.9 Å². The number of hydrogen-bond acceptors (Lipinski definition) is 3. The Bertz CT molecular complexity index is 1280. The van der Waals surface area contributed by atoms with Crippen LogP contribution in [0.4, 0.5) is 48.2 Å². The van der Waals surface area contributed by atoms with Crippen molar-refractivity contribution in [2.45, 2.75) is 25.3 Å². The third-order valence-corrected chi connectivity index (χ3v) is 5.47. The fourth-order valence-electron chi connectivity index (χ4n) is 3.61. The highest BCUT2D eigenvalue weighted by molar-refractivity contribution is 6.04. The first-order valence-electron chi connectivity index (χ1n) is 11.2. The van der Waals surface area contributed by atoms with Crippen LogP contribution in [0.2, 0.25) is 0 Å². The van der Waals surface area contributed by atoms with Crippen molar-refractivity contribution in [3.8, 4) is 0 Å².